The van der Waals surface area contributed by atoms with Crippen molar-refractivity contribution in [2.24, 2.45) is 0 Å². The summed E-state index contributed by atoms with van der Waals surface area (Å²) in [6.07, 6.45) is 1.72. The summed E-state index contributed by atoms with van der Waals surface area (Å²) in [4.78, 5) is 0. The van der Waals surface area contributed by atoms with Crippen LogP contribution in [0.1, 0.15) is 6.92 Å². The highest BCUT2D eigenvalue weighted by atomic mass is 19.1. The molecule has 1 aromatic heterocycles. The van der Waals surface area contributed by atoms with Crippen LogP contribution in [-0.4, -0.2) is 89.6 Å². The summed E-state index contributed by atoms with van der Waals surface area (Å²) in [7, 11) is -8.67. The molecule has 13 nitrogen and oxygen atoms in total. The minimum Gasteiger partial charge on any atom is -0.402 e. The van der Waals surface area contributed by atoms with Crippen molar-refractivity contribution >= 4 is 29.3 Å². The average Bonchev–Trinajstić information content (AvgIpc) is 2.36. The third-order valence-electron chi connectivity index (χ3n) is 1.23. The number of aryl methyl sites for hydroxylation is 1. The normalized spacial score (nSPS) is 7.76. The Kier molecular flexibility index (Phi) is 28.9. The fourth-order valence-corrected chi connectivity index (χ4v) is 0.712. The first-order valence-electron chi connectivity index (χ1n) is 6.08. The molecule has 0 aliphatic rings. The van der Waals surface area contributed by atoms with Crippen LogP contribution in [-0.2, 0) is 6.54 Å². The SMILES string of the molecule is CC[n+]1ccccc1F.OB(O)O.OB(O)O.OB(O)O.OB(O)O. The zero-order chi connectivity index (χ0) is 21.0. The Morgan fingerprint density at radius 2 is 1.00 bits per heavy atom. The molecule has 1 aromatic rings. The first-order valence-corrected chi connectivity index (χ1v) is 6.08. The van der Waals surface area contributed by atoms with Gasteiger partial charge in [0.25, 0.3) is 0 Å². The maximum atomic E-state index is 12.6. The monoisotopic (exact) mass is 374 g/mol. The molecule has 0 saturated carbocycles. The van der Waals surface area contributed by atoms with Crippen molar-refractivity contribution < 1.29 is 69.2 Å². The number of halogens is 1. The van der Waals surface area contributed by atoms with Crippen molar-refractivity contribution in [3.63, 3.8) is 0 Å². The lowest BCUT2D eigenvalue weighted by molar-refractivity contribution is -0.720. The maximum Gasteiger partial charge on any atom is 0.631 e. The number of rotatable bonds is 1. The summed E-state index contributed by atoms with van der Waals surface area (Å²) >= 11 is 0. The van der Waals surface area contributed by atoms with Gasteiger partial charge in [0.15, 0.2) is 6.20 Å². The zero-order valence-corrected chi connectivity index (χ0v) is 13.0. The molecule has 18 heteroatoms. The van der Waals surface area contributed by atoms with Crippen LogP contribution in [0.25, 0.3) is 0 Å². The maximum absolute atomic E-state index is 12.6. The number of aromatic nitrogens is 1. The van der Waals surface area contributed by atoms with Crippen molar-refractivity contribution in [2.75, 3.05) is 0 Å². The average molecular weight is 373 g/mol. The van der Waals surface area contributed by atoms with Crippen LogP contribution in [0.5, 0.6) is 0 Å². The first-order chi connectivity index (χ1) is 11.3. The smallest absolute Gasteiger partial charge is 0.402 e. The number of nitrogens with zero attached hydrogens (tertiary/aromatic N) is 1. The van der Waals surface area contributed by atoms with Crippen molar-refractivity contribution in [3.05, 3.63) is 30.3 Å². The fraction of sp³-hybridized carbons (Fsp3) is 0.286. The van der Waals surface area contributed by atoms with Gasteiger partial charge >= 0.3 is 35.2 Å². The van der Waals surface area contributed by atoms with Crippen LogP contribution >= 0.6 is 0 Å². The van der Waals surface area contributed by atoms with Crippen molar-refractivity contribution in [1.29, 1.82) is 0 Å². The van der Waals surface area contributed by atoms with Gasteiger partial charge in [-0.2, -0.15) is 4.57 Å². The van der Waals surface area contributed by atoms with E-state index in [4.69, 9.17) is 60.3 Å². The largest absolute Gasteiger partial charge is 0.631 e. The Bertz CT molecular complexity index is 342. The van der Waals surface area contributed by atoms with Crippen LogP contribution in [0.15, 0.2) is 24.4 Å². The van der Waals surface area contributed by atoms with Gasteiger partial charge in [0, 0.05) is 12.1 Å². The van der Waals surface area contributed by atoms with Crippen molar-refractivity contribution in [1.82, 2.24) is 0 Å². The number of pyridine rings is 1. The predicted octanol–water partition coefficient (Wildman–Crippen LogP) is -7.07. The van der Waals surface area contributed by atoms with Gasteiger partial charge in [-0.25, -0.2) is 0 Å². The Hall–Kier alpha value is -1.14. The van der Waals surface area contributed by atoms with Gasteiger partial charge in [0.2, 0.25) is 0 Å². The summed E-state index contributed by atoms with van der Waals surface area (Å²) in [5.41, 5.74) is 0. The van der Waals surface area contributed by atoms with E-state index < -0.39 is 29.3 Å². The highest BCUT2D eigenvalue weighted by Crippen LogP contribution is 1.85. The van der Waals surface area contributed by atoms with E-state index in [9.17, 15) is 4.39 Å². The quantitative estimate of drug-likeness (QED) is 0.125. The predicted molar refractivity (Wildman–Crippen MR) is 81.9 cm³/mol. The molecule has 0 saturated heterocycles. The molecule has 1 rings (SSSR count). The molecule has 0 unspecified atom stereocenters. The molecule has 0 atom stereocenters. The van der Waals surface area contributed by atoms with Crippen LogP contribution in [0.2, 0.25) is 0 Å². The standard InChI is InChI=1S/C7H9FN.4BH3O3/c1-2-9-6-4-3-5-7(9)8;4*2-1(3)4/h3-6H,2H2,1H3;4*2-4H/q+1;;;;. The Balaban J connectivity index is -0.000000119. The van der Waals surface area contributed by atoms with E-state index in [1.54, 1.807) is 16.8 Å². The van der Waals surface area contributed by atoms with E-state index in [2.05, 4.69) is 0 Å². The first kappa shape index (κ1) is 31.6. The summed E-state index contributed by atoms with van der Waals surface area (Å²) in [6, 6.07) is 4.94. The molecule has 0 spiro atoms. The molecular formula is C7H21B4FNO12+. The van der Waals surface area contributed by atoms with E-state index >= 15 is 0 Å². The van der Waals surface area contributed by atoms with Gasteiger partial charge in [-0.1, -0.05) is 0 Å². The summed E-state index contributed by atoms with van der Waals surface area (Å²) < 4.78 is 14.1. The zero-order valence-electron chi connectivity index (χ0n) is 13.0. The van der Waals surface area contributed by atoms with Gasteiger partial charge < -0.3 is 60.3 Å². The Morgan fingerprint density at radius 1 is 0.720 bits per heavy atom. The lowest BCUT2D eigenvalue weighted by atomic mass is 10.3. The molecule has 0 amide bonds. The minimum absolute atomic E-state index is 0.181. The molecule has 0 radical (unpaired) electrons. The van der Waals surface area contributed by atoms with Crippen LogP contribution in [0.3, 0.4) is 0 Å². The number of hydrogen-bond donors (Lipinski definition) is 12. The second kappa shape index (κ2) is 22.9. The minimum atomic E-state index is -2.17. The van der Waals surface area contributed by atoms with Crippen molar-refractivity contribution in [2.45, 2.75) is 13.5 Å². The van der Waals surface area contributed by atoms with Crippen molar-refractivity contribution in [3.8, 4) is 0 Å². The van der Waals surface area contributed by atoms with Crippen LogP contribution in [0, 0.1) is 5.95 Å². The van der Waals surface area contributed by atoms with E-state index in [0.29, 0.717) is 6.54 Å². The molecule has 0 aromatic carbocycles. The number of hydrogen-bond acceptors (Lipinski definition) is 12. The summed E-state index contributed by atoms with van der Waals surface area (Å²) in [5.74, 6) is -0.181. The van der Waals surface area contributed by atoms with Gasteiger partial charge in [-0.05, 0) is 13.0 Å². The van der Waals surface area contributed by atoms with E-state index in [1.165, 1.54) is 6.07 Å². The molecule has 12 N–H and O–H groups in total. The molecule has 0 bridgehead atoms. The topological polar surface area (TPSA) is 247 Å². The molecule has 0 aliphatic carbocycles. The van der Waals surface area contributed by atoms with Gasteiger partial charge in [-0.3, -0.25) is 0 Å². The molecule has 1 heterocycles. The van der Waals surface area contributed by atoms with Crippen LogP contribution in [0.4, 0.5) is 4.39 Å². The fourth-order valence-electron chi connectivity index (χ4n) is 0.712. The third-order valence-corrected chi connectivity index (χ3v) is 1.23. The summed E-state index contributed by atoms with van der Waals surface area (Å²) in [5, 5.41) is 86.0. The molecule has 25 heavy (non-hydrogen) atoms. The third kappa shape index (κ3) is 70.7. The summed E-state index contributed by atoms with van der Waals surface area (Å²) in [6.45, 7) is 2.59. The molecule has 0 fully saturated rings. The van der Waals surface area contributed by atoms with E-state index in [-0.39, 0.29) is 5.95 Å². The van der Waals surface area contributed by atoms with Gasteiger partial charge in [-0.15, -0.1) is 4.39 Å². The highest BCUT2D eigenvalue weighted by molar-refractivity contribution is 6.31. The highest BCUT2D eigenvalue weighted by Gasteiger charge is 2.02. The Labute approximate surface area is 143 Å². The second-order valence-corrected chi connectivity index (χ2v) is 3.20. The molecule has 144 valence electrons. The Morgan fingerprint density at radius 3 is 1.16 bits per heavy atom. The lowest BCUT2D eigenvalue weighted by Gasteiger charge is -1.88. The second-order valence-electron chi connectivity index (χ2n) is 3.20. The van der Waals surface area contributed by atoms with E-state index in [0.717, 1.165) is 0 Å². The van der Waals surface area contributed by atoms with Crippen LogP contribution < -0.4 is 4.57 Å². The lowest BCUT2D eigenvalue weighted by Crippen LogP contribution is -2.35. The van der Waals surface area contributed by atoms with Gasteiger partial charge in [0.1, 0.15) is 6.54 Å². The molecule has 0 aliphatic heterocycles. The van der Waals surface area contributed by atoms with Gasteiger partial charge in [0.05, 0.1) is 0 Å². The molecular weight excluding hydrogens is 352 g/mol. The van der Waals surface area contributed by atoms with E-state index in [1.807, 2.05) is 13.0 Å².